The summed E-state index contributed by atoms with van der Waals surface area (Å²) in [4.78, 5) is 4.70. The zero-order valence-electron chi connectivity index (χ0n) is 19.0. The van der Waals surface area contributed by atoms with Crippen molar-refractivity contribution >= 4 is 34.8 Å². The first-order valence-corrected chi connectivity index (χ1v) is 12.6. The third-order valence-corrected chi connectivity index (χ3v) is 7.12. The molecule has 1 aliphatic heterocycles. The molecule has 1 aliphatic rings. The third kappa shape index (κ3) is 5.95. The second-order valence-corrected chi connectivity index (χ2v) is 9.77. The third-order valence-electron chi connectivity index (χ3n) is 6.36. The van der Waals surface area contributed by atoms with Gasteiger partial charge in [-0.25, -0.2) is 0 Å². The van der Waals surface area contributed by atoms with Gasteiger partial charge in [0.25, 0.3) is 0 Å². The summed E-state index contributed by atoms with van der Waals surface area (Å²) in [5.41, 5.74) is 2.09. The highest BCUT2D eigenvalue weighted by Crippen LogP contribution is 2.41. The minimum Gasteiger partial charge on any atom is -0.395 e. The van der Waals surface area contributed by atoms with E-state index in [2.05, 4.69) is 9.80 Å². The molecular weight excluding hydrogens is 491 g/mol. The zero-order valence-corrected chi connectivity index (χ0v) is 21.2. The van der Waals surface area contributed by atoms with Crippen LogP contribution in [-0.2, 0) is 10.3 Å². The Bertz CT molecular complexity index is 924. The summed E-state index contributed by atoms with van der Waals surface area (Å²) >= 11 is 18.7. The lowest BCUT2D eigenvalue weighted by Crippen LogP contribution is -2.48. The standard InChI is InChI=1S/C27H29Cl3N2O2/c28-24-7-1-21(2-8-24)27(22-3-9-25(29)10-4-22,23-5-11-26(30)12-6-23)34-20-18-32-15-13-31(14-16-32)17-19-33/h1-12,33H,13-20H2. The van der Waals surface area contributed by atoms with Crippen LogP contribution in [0.5, 0.6) is 0 Å². The molecule has 1 heterocycles. The van der Waals surface area contributed by atoms with Crippen molar-refractivity contribution in [3.63, 3.8) is 0 Å². The molecule has 0 aromatic heterocycles. The summed E-state index contributed by atoms with van der Waals surface area (Å²) in [5, 5.41) is 11.2. The smallest absolute Gasteiger partial charge is 0.143 e. The maximum atomic E-state index is 9.19. The van der Waals surface area contributed by atoms with Crippen molar-refractivity contribution in [1.82, 2.24) is 9.80 Å². The molecule has 7 heteroatoms. The number of β-amino-alcohol motifs (C(OH)–C–C–N with tert-alkyl or cyclic N) is 1. The topological polar surface area (TPSA) is 35.9 Å². The minimum absolute atomic E-state index is 0.203. The lowest BCUT2D eigenvalue weighted by Gasteiger charge is -2.38. The average Bonchev–Trinajstić information content (AvgIpc) is 2.85. The van der Waals surface area contributed by atoms with Crippen molar-refractivity contribution in [2.24, 2.45) is 0 Å². The number of hydrogen-bond donors (Lipinski definition) is 1. The van der Waals surface area contributed by atoms with Gasteiger partial charge in [-0.1, -0.05) is 71.2 Å². The second-order valence-electron chi connectivity index (χ2n) is 8.46. The Morgan fingerprint density at radius 1 is 0.618 bits per heavy atom. The van der Waals surface area contributed by atoms with Gasteiger partial charge in [0, 0.05) is 54.3 Å². The molecular formula is C27H29Cl3N2O2. The van der Waals surface area contributed by atoms with Gasteiger partial charge in [-0.05, 0) is 53.1 Å². The number of hydrogen-bond acceptors (Lipinski definition) is 4. The van der Waals surface area contributed by atoms with Crippen molar-refractivity contribution in [3.05, 3.63) is 105 Å². The first-order valence-electron chi connectivity index (χ1n) is 11.5. The van der Waals surface area contributed by atoms with Crippen molar-refractivity contribution < 1.29 is 9.84 Å². The summed E-state index contributed by atoms with van der Waals surface area (Å²) < 4.78 is 6.86. The van der Waals surface area contributed by atoms with Gasteiger partial charge in [0.1, 0.15) is 5.60 Å². The highest BCUT2D eigenvalue weighted by Gasteiger charge is 2.38. The molecule has 0 aliphatic carbocycles. The number of ether oxygens (including phenoxy) is 1. The lowest BCUT2D eigenvalue weighted by atomic mass is 9.80. The van der Waals surface area contributed by atoms with Gasteiger partial charge < -0.3 is 9.84 Å². The number of aliphatic hydroxyl groups excluding tert-OH is 1. The maximum Gasteiger partial charge on any atom is 0.143 e. The predicted octanol–water partition coefficient (Wildman–Crippen LogP) is 5.57. The Balaban J connectivity index is 1.65. The van der Waals surface area contributed by atoms with Gasteiger partial charge in [0.2, 0.25) is 0 Å². The number of nitrogens with zero attached hydrogens (tertiary/aromatic N) is 2. The summed E-state index contributed by atoms with van der Waals surface area (Å²) in [7, 11) is 0. The Kier molecular flexibility index (Phi) is 8.89. The highest BCUT2D eigenvalue weighted by molar-refractivity contribution is 6.31. The molecule has 0 amide bonds. The van der Waals surface area contributed by atoms with Crippen LogP contribution in [0, 0.1) is 0 Å². The van der Waals surface area contributed by atoms with Crippen LogP contribution in [0.25, 0.3) is 0 Å². The summed E-state index contributed by atoms with van der Waals surface area (Å²) in [6.45, 7) is 6.11. The fourth-order valence-corrected chi connectivity index (χ4v) is 4.89. The van der Waals surface area contributed by atoms with Crippen molar-refractivity contribution in [2.45, 2.75) is 5.60 Å². The molecule has 34 heavy (non-hydrogen) atoms. The molecule has 0 saturated carbocycles. The van der Waals surface area contributed by atoms with E-state index in [4.69, 9.17) is 39.5 Å². The van der Waals surface area contributed by atoms with Gasteiger partial charge in [0.05, 0.1) is 13.2 Å². The molecule has 1 N–H and O–H groups in total. The Morgan fingerprint density at radius 3 is 1.32 bits per heavy atom. The summed E-state index contributed by atoms with van der Waals surface area (Å²) in [6.07, 6.45) is 0. The molecule has 3 aromatic rings. The molecule has 1 fully saturated rings. The van der Waals surface area contributed by atoms with E-state index in [1.165, 1.54) is 0 Å². The van der Waals surface area contributed by atoms with Gasteiger partial charge in [-0.3, -0.25) is 9.80 Å². The maximum absolute atomic E-state index is 9.19. The van der Waals surface area contributed by atoms with Gasteiger partial charge in [0.15, 0.2) is 0 Å². The van der Waals surface area contributed by atoms with Gasteiger partial charge in [-0.15, -0.1) is 0 Å². The lowest BCUT2D eigenvalue weighted by molar-refractivity contribution is -0.00553. The molecule has 0 atom stereocenters. The minimum atomic E-state index is -0.849. The van der Waals surface area contributed by atoms with E-state index in [-0.39, 0.29) is 6.61 Å². The molecule has 1 saturated heterocycles. The van der Waals surface area contributed by atoms with Gasteiger partial charge in [-0.2, -0.15) is 0 Å². The Morgan fingerprint density at radius 2 is 0.971 bits per heavy atom. The fourth-order valence-electron chi connectivity index (χ4n) is 4.51. The van der Waals surface area contributed by atoms with E-state index >= 15 is 0 Å². The average molecular weight is 520 g/mol. The molecule has 3 aromatic carbocycles. The van der Waals surface area contributed by atoms with E-state index in [9.17, 15) is 5.11 Å². The van der Waals surface area contributed by atoms with E-state index in [0.29, 0.717) is 21.7 Å². The molecule has 4 nitrogen and oxygen atoms in total. The van der Waals surface area contributed by atoms with Crippen LogP contribution < -0.4 is 0 Å². The number of piperazine rings is 1. The first kappa shape index (κ1) is 25.5. The van der Waals surface area contributed by atoms with Crippen molar-refractivity contribution in [2.75, 3.05) is 52.5 Å². The molecule has 4 rings (SSSR count). The molecule has 0 unspecified atom stereocenters. The molecule has 0 radical (unpaired) electrons. The van der Waals surface area contributed by atoms with E-state index in [1.54, 1.807) is 0 Å². The fraction of sp³-hybridized carbons (Fsp3) is 0.333. The summed E-state index contributed by atoms with van der Waals surface area (Å²) in [6, 6.07) is 23.4. The van der Waals surface area contributed by atoms with Crippen LogP contribution in [-0.4, -0.2) is 67.4 Å². The molecule has 180 valence electrons. The number of halogens is 3. The van der Waals surface area contributed by atoms with E-state index in [1.807, 2.05) is 72.8 Å². The normalized spacial score (nSPS) is 15.5. The van der Waals surface area contributed by atoms with E-state index < -0.39 is 5.60 Å². The number of aliphatic hydroxyl groups is 1. The van der Waals surface area contributed by atoms with Crippen LogP contribution >= 0.6 is 34.8 Å². The van der Waals surface area contributed by atoms with Crippen LogP contribution in [0.1, 0.15) is 16.7 Å². The second kappa shape index (κ2) is 11.9. The Labute approximate surface area is 216 Å². The Hall–Kier alpha value is -1.63. The van der Waals surface area contributed by atoms with Crippen LogP contribution in [0.2, 0.25) is 15.1 Å². The number of rotatable bonds is 9. The largest absolute Gasteiger partial charge is 0.395 e. The monoisotopic (exact) mass is 518 g/mol. The quantitative estimate of drug-likeness (QED) is 0.375. The van der Waals surface area contributed by atoms with Crippen molar-refractivity contribution in [1.29, 1.82) is 0 Å². The first-order chi connectivity index (χ1) is 16.5. The number of benzene rings is 3. The highest BCUT2D eigenvalue weighted by atomic mass is 35.5. The van der Waals surface area contributed by atoms with Crippen LogP contribution in [0.4, 0.5) is 0 Å². The van der Waals surface area contributed by atoms with Crippen LogP contribution in [0.15, 0.2) is 72.8 Å². The van der Waals surface area contributed by atoms with Gasteiger partial charge >= 0.3 is 0 Å². The molecule has 0 spiro atoms. The predicted molar refractivity (Wildman–Crippen MR) is 140 cm³/mol. The molecule has 0 bridgehead atoms. The summed E-state index contributed by atoms with van der Waals surface area (Å²) in [5.74, 6) is 0. The van der Waals surface area contributed by atoms with Crippen LogP contribution in [0.3, 0.4) is 0 Å². The van der Waals surface area contributed by atoms with Crippen molar-refractivity contribution in [3.8, 4) is 0 Å². The zero-order chi connectivity index (χ0) is 24.0. The SMILES string of the molecule is OCCN1CCN(CCOC(c2ccc(Cl)cc2)(c2ccc(Cl)cc2)c2ccc(Cl)cc2)CC1. The van der Waals surface area contributed by atoms with E-state index in [0.717, 1.165) is 56.0 Å².